The molecule has 2 heterocycles. The lowest BCUT2D eigenvalue weighted by Crippen LogP contribution is -2.45. The molecule has 0 spiro atoms. The number of hydrogen-bond acceptors (Lipinski definition) is 5. The van der Waals surface area contributed by atoms with E-state index in [1.54, 1.807) is 12.1 Å². The van der Waals surface area contributed by atoms with Gasteiger partial charge in [-0.25, -0.2) is 0 Å². The second-order valence-corrected chi connectivity index (χ2v) is 7.77. The summed E-state index contributed by atoms with van der Waals surface area (Å²) < 4.78 is 5.43. The largest absolute Gasteiger partial charge is 0.368 e. The molecular weight excluding hydrogens is 356 g/mol. The molecule has 7 nitrogen and oxygen atoms in total. The molecule has 2 aliphatic heterocycles. The van der Waals surface area contributed by atoms with Gasteiger partial charge in [0.25, 0.3) is 11.8 Å². The Morgan fingerprint density at radius 3 is 2.71 bits per heavy atom. The molecule has 1 unspecified atom stereocenters. The molecule has 2 amide bonds. The molecule has 1 aromatic rings. The van der Waals surface area contributed by atoms with Crippen molar-refractivity contribution in [3.63, 3.8) is 0 Å². The number of nitrogens with one attached hydrogen (secondary N) is 2. The summed E-state index contributed by atoms with van der Waals surface area (Å²) in [5.41, 5.74) is 2.16. The van der Waals surface area contributed by atoms with Gasteiger partial charge in [-0.05, 0) is 57.5 Å². The van der Waals surface area contributed by atoms with E-state index in [-0.39, 0.29) is 17.9 Å². The summed E-state index contributed by atoms with van der Waals surface area (Å²) in [6.07, 6.45) is 2.21. The summed E-state index contributed by atoms with van der Waals surface area (Å²) in [6.45, 7) is 8.61. The van der Waals surface area contributed by atoms with Gasteiger partial charge in [-0.3, -0.25) is 9.59 Å². The van der Waals surface area contributed by atoms with Crippen LogP contribution in [0.5, 0.6) is 0 Å². The van der Waals surface area contributed by atoms with E-state index in [9.17, 15) is 9.59 Å². The Bertz CT molecular complexity index is 680. The molecule has 0 aliphatic carbocycles. The number of benzene rings is 1. The van der Waals surface area contributed by atoms with E-state index in [1.165, 1.54) is 0 Å². The number of nitrogens with zero attached hydrogens (tertiary/aromatic N) is 2. The molecule has 2 aliphatic rings. The SMILES string of the molecule is Cc1ccc(C(=O)NCCCN2CCN(C)CC2)cc1NC(=O)C1CCCO1. The van der Waals surface area contributed by atoms with Gasteiger partial charge in [0.1, 0.15) is 6.10 Å². The van der Waals surface area contributed by atoms with Gasteiger partial charge in [0.15, 0.2) is 0 Å². The minimum atomic E-state index is -0.383. The van der Waals surface area contributed by atoms with E-state index in [0.717, 1.165) is 57.5 Å². The molecule has 3 rings (SSSR count). The van der Waals surface area contributed by atoms with E-state index >= 15 is 0 Å². The zero-order chi connectivity index (χ0) is 19.9. The molecule has 2 fully saturated rings. The summed E-state index contributed by atoms with van der Waals surface area (Å²) in [5.74, 6) is -0.240. The van der Waals surface area contributed by atoms with Gasteiger partial charge in [0, 0.05) is 50.6 Å². The van der Waals surface area contributed by atoms with Crippen LogP contribution in [0.4, 0.5) is 5.69 Å². The summed E-state index contributed by atoms with van der Waals surface area (Å²) in [4.78, 5) is 29.5. The second kappa shape index (κ2) is 10.0. The van der Waals surface area contributed by atoms with Crippen molar-refractivity contribution in [3.05, 3.63) is 29.3 Å². The van der Waals surface area contributed by atoms with Crippen LogP contribution in [0.15, 0.2) is 18.2 Å². The minimum Gasteiger partial charge on any atom is -0.368 e. The summed E-state index contributed by atoms with van der Waals surface area (Å²) >= 11 is 0. The monoisotopic (exact) mass is 388 g/mol. The topological polar surface area (TPSA) is 73.9 Å². The number of piperazine rings is 1. The predicted molar refractivity (Wildman–Crippen MR) is 110 cm³/mol. The molecule has 0 saturated carbocycles. The average Bonchev–Trinajstić information content (AvgIpc) is 3.23. The van der Waals surface area contributed by atoms with Crippen LogP contribution in [0.1, 0.15) is 35.2 Å². The number of ether oxygens (including phenoxy) is 1. The smallest absolute Gasteiger partial charge is 0.253 e. The van der Waals surface area contributed by atoms with Gasteiger partial charge in [-0.2, -0.15) is 0 Å². The number of amides is 2. The standard InChI is InChI=1S/C21H32N4O3/c1-16-6-7-17(15-18(16)23-21(27)19-5-3-14-28-19)20(26)22-8-4-9-25-12-10-24(2)11-13-25/h6-7,15,19H,3-5,8-14H2,1-2H3,(H,22,26)(H,23,27). The first-order chi connectivity index (χ1) is 13.5. The zero-order valence-corrected chi connectivity index (χ0v) is 17.0. The number of anilines is 1. The van der Waals surface area contributed by atoms with Crippen molar-refractivity contribution in [2.24, 2.45) is 0 Å². The molecule has 1 atom stereocenters. The maximum Gasteiger partial charge on any atom is 0.253 e. The van der Waals surface area contributed by atoms with Crippen molar-refractivity contribution >= 4 is 17.5 Å². The summed E-state index contributed by atoms with van der Waals surface area (Å²) in [5, 5.41) is 5.90. The van der Waals surface area contributed by atoms with Crippen LogP contribution >= 0.6 is 0 Å². The fourth-order valence-corrected chi connectivity index (χ4v) is 3.57. The molecule has 7 heteroatoms. The normalized spacial score (nSPS) is 20.9. The van der Waals surface area contributed by atoms with Gasteiger partial charge in [0.2, 0.25) is 0 Å². The Labute approximate surface area is 167 Å². The fourth-order valence-electron chi connectivity index (χ4n) is 3.57. The molecule has 1 aromatic carbocycles. The van der Waals surface area contributed by atoms with Gasteiger partial charge < -0.3 is 25.2 Å². The fraction of sp³-hybridized carbons (Fsp3) is 0.619. The average molecular weight is 389 g/mol. The van der Waals surface area contributed by atoms with Crippen LogP contribution in [0.2, 0.25) is 0 Å². The highest BCUT2D eigenvalue weighted by molar-refractivity contribution is 5.99. The Morgan fingerprint density at radius 2 is 2.00 bits per heavy atom. The number of hydrogen-bond donors (Lipinski definition) is 2. The number of aryl methyl sites for hydroxylation is 1. The molecular formula is C21H32N4O3. The quantitative estimate of drug-likeness (QED) is 0.692. The Morgan fingerprint density at radius 1 is 1.21 bits per heavy atom. The Balaban J connectivity index is 1.46. The van der Waals surface area contributed by atoms with Crippen LogP contribution in [0.3, 0.4) is 0 Å². The van der Waals surface area contributed by atoms with Crippen molar-refractivity contribution in [3.8, 4) is 0 Å². The van der Waals surface area contributed by atoms with Crippen LogP contribution < -0.4 is 10.6 Å². The zero-order valence-electron chi connectivity index (χ0n) is 17.0. The third-order valence-electron chi connectivity index (χ3n) is 5.51. The van der Waals surface area contributed by atoms with Crippen LogP contribution in [0, 0.1) is 6.92 Å². The molecule has 2 saturated heterocycles. The van der Waals surface area contributed by atoms with E-state index in [1.807, 2.05) is 13.0 Å². The van der Waals surface area contributed by atoms with Crippen molar-refractivity contribution in [1.29, 1.82) is 0 Å². The first kappa shape index (κ1) is 20.8. The molecule has 0 radical (unpaired) electrons. The van der Waals surface area contributed by atoms with Crippen molar-refractivity contribution < 1.29 is 14.3 Å². The number of carbonyl (C=O) groups is 2. The summed E-state index contributed by atoms with van der Waals surface area (Å²) in [6, 6.07) is 5.41. The van der Waals surface area contributed by atoms with E-state index < -0.39 is 0 Å². The number of carbonyl (C=O) groups excluding carboxylic acids is 2. The molecule has 0 bridgehead atoms. The van der Waals surface area contributed by atoms with Gasteiger partial charge >= 0.3 is 0 Å². The summed E-state index contributed by atoms with van der Waals surface area (Å²) in [7, 11) is 2.15. The van der Waals surface area contributed by atoms with Gasteiger partial charge in [-0.15, -0.1) is 0 Å². The minimum absolute atomic E-state index is 0.106. The predicted octanol–water partition coefficient (Wildman–Crippen LogP) is 1.48. The maximum absolute atomic E-state index is 12.5. The lowest BCUT2D eigenvalue weighted by molar-refractivity contribution is -0.124. The van der Waals surface area contributed by atoms with E-state index in [2.05, 4.69) is 27.5 Å². The maximum atomic E-state index is 12.5. The van der Waals surface area contributed by atoms with E-state index in [4.69, 9.17) is 4.74 Å². The number of likely N-dealkylation sites (N-methyl/N-ethyl adjacent to an activating group) is 1. The highest BCUT2D eigenvalue weighted by Gasteiger charge is 2.24. The van der Waals surface area contributed by atoms with Crippen molar-refractivity contribution in [1.82, 2.24) is 15.1 Å². The van der Waals surface area contributed by atoms with Crippen molar-refractivity contribution in [2.45, 2.75) is 32.3 Å². The van der Waals surface area contributed by atoms with Crippen molar-refractivity contribution in [2.75, 3.05) is 58.2 Å². The Kier molecular flexibility index (Phi) is 7.42. The van der Waals surface area contributed by atoms with Gasteiger partial charge in [-0.1, -0.05) is 6.07 Å². The van der Waals surface area contributed by atoms with E-state index in [0.29, 0.717) is 24.4 Å². The van der Waals surface area contributed by atoms with Crippen LogP contribution in [-0.2, 0) is 9.53 Å². The molecule has 28 heavy (non-hydrogen) atoms. The Hall–Kier alpha value is -1.96. The first-order valence-corrected chi connectivity index (χ1v) is 10.2. The lowest BCUT2D eigenvalue weighted by atomic mass is 10.1. The second-order valence-electron chi connectivity index (χ2n) is 7.77. The highest BCUT2D eigenvalue weighted by Crippen LogP contribution is 2.20. The first-order valence-electron chi connectivity index (χ1n) is 10.2. The van der Waals surface area contributed by atoms with Gasteiger partial charge in [0.05, 0.1) is 0 Å². The highest BCUT2D eigenvalue weighted by atomic mass is 16.5. The van der Waals surface area contributed by atoms with Crippen LogP contribution in [0.25, 0.3) is 0 Å². The molecule has 0 aromatic heterocycles. The third-order valence-corrected chi connectivity index (χ3v) is 5.51. The number of rotatable bonds is 7. The molecule has 154 valence electrons. The lowest BCUT2D eigenvalue weighted by Gasteiger charge is -2.32. The molecule has 2 N–H and O–H groups in total. The third kappa shape index (κ3) is 5.77. The van der Waals surface area contributed by atoms with Crippen LogP contribution in [-0.4, -0.2) is 80.6 Å².